The third-order valence-corrected chi connectivity index (χ3v) is 4.30. The number of carbonyl (C=O) groups excluding carboxylic acids is 2. The zero-order chi connectivity index (χ0) is 18.2. The van der Waals surface area contributed by atoms with Gasteiger partial charge in [-0.15, -0.1) is 11.8 Å². The Balaban J connectivity index is 1.72. The first-order chi connectivity index (χ1) is 11.9. The number of thioether (sulfide) groups is 1. The fraction of sp³-hybridized carbons (Fsp3) is 0.125. The molecule has 9 heteroatoms. The molecule has 2 aromatic rings. The summed E-state index contributed by atoms with van der Waals surface area (Å²) >= 11 is 7.09. The van der Waals surface area contributed by atoms with Gasteiger partial charge in [-0.25, -0.2) is 0 Å². The maximum Gasteiger partial charge on any atom is 0.269 e. The monoisotopic (exact) mass is 379 g/mol. The van der Waals surface area contributed by atoms with E-state index in [0.717, 1.165) is 4.90 Å². The summed E-state index contributed by atoms with van der Waals surface area (Å²) in [5.74, 6) is -0.630. The zero-order valence-electron chi connectivity index (χ0n) is 12.9. The van der Waals surface area contributed by atoms with E-state index in [4.69, 9.17) is 11.6 Å². The first-order valence-electron chi connectivity index (χ1n) is 7.13. The predicted octanol–water partition coefficient (Wildman–Crippen LogP) is 2.73. The van der Waals surface area contributed by atoms with Crippen LogP contribution < -0.4 is 10.9 Å². The maximum atomic E-state index is 11.8. The van der Waals surface area contributed by atoms with Crippen LogP contribution >= 0.6 is 23.4 Å². The molecule has 0 saturated carbocycles. The Morgan fingerprint density at radius 2 is 1.60 bits per heavy atom. The van der Waals surface area contributed by atoms with E-state index in [0.29, 0.717) is 10.6 Å². The molecule has 0 aromatic heterocycles. The number of hydrogen-bond acceptors (Lipinski definition) is 5. The number of hydrogen-bond donors (Lipinski definition) is 2. The highest BCUT2D eigenvalue weighted by Crippen LogP contribution is 2.19. The van der Waals surface area contributed by atoms with Crippen molar-refractivity contribution in [3.8, 4) is 0 Å². The van der Waals surface area contributed by atoms with Crippen LogP contribution in [0.3, 0.4) is 0 Å². The molecule has 0 saturated heterocycles. The Morgan fingerprint density at radius 1 is 1.00 bits per heavy atom. The minimum Gasteiger partial charge on any atom is -0.273 e. The van der Waals surface area contributed by atoms with Crippen molar-refractivity contribution < 1.29 is 14.5 Å². The van der Waals surface area contributed by atoms with Gasteiger partial charge in [0.1, 0.15) is 0 Å². The molecule has 2 rings (SSSR count). The molecule has 0 unspecified atom stereocenters. The lowest BCUT2D eigenvalue weighted by Crippen LogP contribution is -2.43. The molecule has 0 aliphatic rings. The molecule has 7 nitrogen and oxygen atoms in total. The van der Waals surface area contributed by atoms with Gasteiger partial charge in [0.05, 0.1) is 17.1 Å². The summed E-state index contributed by atoms with van der Waals surface area (Å²) in [5, 5.41) is 11.2. The number of nitro groups is 1. The molecule has 130 valence electrons. The average Bonchev–Trinajstić information content (AvgIpc) is 2.60. The number of rotatable bonds is 6. The number of hydrazine groups is 1. The highest BCUT2D eigenvalue weighted by atomic mass is 35.5. The second-order valence-electron chi connectivity index (χ2n) is 4.94. The van der Waals surface area contributed by atoms with Gasteiger partial charge in [-0.2, -0.15) is 0 Å². The number of amides is 2. The first-order valence-corrected chi connectivity index (χ1v) is 8.50. The topological polar surface area (TPSA) is 101 Å². The molecule has 0 aliphatic heterocycles. The summed E-state index contributed by atoms with van der Waals surface area (Å²) in [6.45, 7) is 0. The van der Waals surface area contributed by atoms with Crippen molar-refractivity contribution >= 4 is 40.9 Å². The molecular formula is C16H14ClN3O4S. The van der Waals surface area contributed by atoms with E-state index in [1.54, 1.807) is 24.3 Å². The minimum absolute atomic E-state index is 0.00258. The SMILES string of the molecule is O=C(CSc1ccc(Cl)cc1)NNC(=O)Cc1ccc([N+](=O)[O-])cc1. The van der Waals surface area contributed by atoms with Crippen LogP contribution in [0, 0.1) is 10.1 Å². The van der Waals surface area contributed by atoms with Gasteiger partial charge in [0.2, 0.25) is 11.8 Å². The minimum atomic E-state index is -0.511. The standard InChI is InChI=1S/C16H14ClN3O4S/c17-12-3-7-14(8-4-12)25-10-16(22)19-18-15(21)9-11-1-5-13(6-2-11)20(23)24/h1-8H,9-10H2,(H,18,21)(H,19,22). The first kappa shape index (κ1) is 18.8. The lowest BCUT2D eigenvalue weighted by Gasteiger charge is -2.07. The van der Waals surface area contributed by atoms with E-state index in [2.05, 4.69) is 10.9 Å². The fourth-order valence-corrected chi connectivity index (χ4v) is 2.64. The highest BCUT2D eigenvalue weighted by Gasteiger charge is 2.09. The molecule has 0 radical (unpaired) electrons. The summed E-state index contributed by atoms with van der Waals surface area (Å²) in [6, 6.07) is 12.7. The van der Waals surface area contributed by atoms with Gasteiger partial charge in [-0.3, -0.25) is 30.6 Å². The molecule has 0 heterocycles. The van der Waals surface area contributed by atoms with Gasteiger partial charge >= 0.3 is 0 Å². The van der Waals surface area contributed by atoms with Crippen molar-refractivity contribution in [3.63, 3.8) is 0 Å². The lowest BCUT2D eigenvalue weighted by atomic mass is 10.1. The van der Waals surface area contributed by atoms with Crippen LogP contribution in [0.15, 0.2) is 53.4 Å². The Labute approximate surface area is 152 Å². The van der Waals surface area contributed by atoms with Crippen molar-refractivity contribution in [2.75, 3.05) is 5.75 Å². The summed E-state index contributed by atoms with van der Waals surface area (Å²) in [4.78, 5) is 34.4. The molecule has 2 amide bonds. The van der Waals surface area contributed by atoms with E-state index < -0.39 is 10.8 Å². The third kappa shape index (κ3) is 6.44. The van der Waals surface area contributed by atoms with E-state index in [-0.39, 0.29) is 23.8 Å². The van der Waals surface area contributed by atoms with Gasteiger partial charge in [-0.05, 0) is 29.8 Å². The summed E-state index contributed by atoms with van der Waals surface area (Å²) in [5.41, 5.74) is 5.19. The summed E-state index contributed by atoms with van der Waals surface area (Å²) in [6.07, 6.45) is 0.00258. The van der Waals surface area contributed by atoms with E-state index in [9.17, 15) is 19.7 Å². The van der Waals surface area contributed by atoms with Crippen molar-refractivity contribution in [3.05, 3.63) is 69.2 Å². The average molecular weight is 380 g/mol. The molecule has 0 fully saturated rings. The van der Waals surface area contributed by atoms with Crippen LogP contribution in [0.2, 0.25) is 5.02 Å². The van der Waals surface area contributed by atoms with E-state index in [1.807, 2.05) is 0 Å². The van der Waals surface area contributed by atoms with Crippen LogP contribution in [0.1, 0.15) is 5.56 Å². The lowest BCUT2D eigenvalue weighted by molar-refractivity contribution is -0.384. The van der Waals surface area contributed by atoms with Crippen LogP contribution in [-0.2, 0) is 16.0 Å². The maximum absolute atomic E-state index is 11.8. The fourth-order valence-electron chi connectivity index (χ4n) is 1.82. The Kier molecular flexibility index (Phi) is 6.79. The number of nitro benzene ring substituents is 1. The smallest absolute Gasteiger partial charge is 0.269 e. The predicted molar refractivity (Wildman–Crippen MR) is 95.3 cm³/mol. The second-order valence-corrected chi connectivity index (χ2v) is 6.42. The van der Waals surface area contributed by atoms with Gasteiger partial charge in [0, 0.05) is 22.1 Å². The molecule has 0 bridgehead atoms. The Morgan fingerprint density at radius 3 is 2.20 bits per heavy atom. The number of nitrogens with zero attached hydrogens (tertiary/aromatic N) is 1. The van der Waals surface area contributed by atoms with Crippen LogP contribution in [0.25, 0.3) is 0 Å². The molecule has 0 atom stereocenters. The molecule has 0 aliphatic carbocycles. The van der Waals surface area contributed by atoms with Gasteiger partial charge in [-0.1, -0.05) is 23.7 Å². The normalized spacial score (nSPS) is 10.1. The summed E-state index contributed by atoms with van der Waals surface area (Å²) in [7, 11) is 0. The number of halogens is 1. The van der Waals surface area contributed by atoms with Gasteiger partial charge in [0.15, 0.2) is 0 Å². The number of carbonyl (C=O) groups is 2. The van der Waals surface area contributed by atoms with E-state index in [1.165, 1.54) is 36.0 Å². The Bertz CT molecular complexity index is 766. The molecule has 2 aromatic carbocycles. The number of nitrogens with one attached hydrogen (secondary N) is 2. The van der Waals surface area contributed by atoms with Crippen molar-refractivity contribution in [1.82, 2.24) is 10.9 Å². The van der Waals surface area contributed by atoms with Gasteiger partial charge < -0.3 is 0 Å². The largest absolute Gasteiger partial charge is 0.273 e. The van der Waals surface area contributed by atoms with E-state index >= 15 is 0 Å². The second kappa shape index (κ2) is 9.05. The summed E-state index contributed by atoms with van der Waals surface area (Å²) < 4.78 is 0. The highest BCUT2D eigenvalue weighted by molar-refractivity contribution is 8.00. The molecule has 2 N–H and O–H groups in total. The molecule has 25 heavy (non-hydrogen) atoms. The van der Waals surface area contributed by atoms with Crippen molar-refractivity contribution in [2.24, 2.45) is 0 Å². The van der Waals surface area contributed by atoms with Crippen LogP contribution in [0.4, 0.5) is 5.69 Å². The molecular weight excluding hydrogens is 366 g/mol. The van der Waals surface area contributed by atoms with Crippen molar-refractivity contribution in [1.29, 1.82) is 0 Å². The number of benzene rings is 2. The Hall–Kier alpha value is -2.58. The van der Waals surface area contributed by atoms with Gasteiger partial charge in [0.25, 0.3) is 5.69 Å². The zero-order valence-corrected chi connectivity index (χ0v) is 14.5. The van der Waals surface area contributed by atoms with Crippen molar-refractivity contribution in [2.45, 2.75) is 11.3 Å². The van der Waals surface area contributed by atoms with Crippen LogP contribution in [0.5, 0.6) is 0 Å². The van der Waals surface area contributed by atoms with Crippen LogP contribution in [-0.4, -0.2) is 22.5 Å². The quantitative estimate of drug-likeness (QED) is 0.456. The number of non-ortho nitro benzene ring substituents is 1. The molecule has 0 spiro atoms. The third-order valence-electron chi connectivity index (χ3n) is 3.04.